The molecule has 1 N–H and O–H groups in total. The Labute approximate surface area is 69.9 Å². The lowest BCUT2D eigenvalue weighted by Crippen LogP contribution is -1.91. The van der Waals surface area contributed by atoms with Crippen LogP contribution in [0.4, 0.5) is 4.39 Å². The second-order valence-electron chi connectivity index (χ2n) is 2.55. The van der Waals surface area contributed by atoms with E-state index in [9.17, 15) is 9.50 Å². The first-order valence-corrected chi connectivity index (χ1v) is 3.53. The van der Waals surface area contributed by atoms with Crippen LogP contribution in [0.5, 0.6) is 5.75 Å². The van der Waals surface area contributed by atoms with Gasteiger partial charge in [0, 0.05) is 5.56 Å². The van der Waals surface area contributed by atoms with Gasteiger partial charge >= 0.3 is 0 Å². The number of nitrogens with zero attached hydrogens (tertiary/aromatic N) is 1. The highest BCUT2D eigenvalue weighted by Gasteiger charge is 2.09. The van der Waals surface area contributed by atoms with Crippen LogP contribution in [0.1, 0.15) is 18.4 Å². The summed E-state index contributed by atoms with van der Waals surface area (Å²) in [5, 5.41) is 17.7. The smallest absolute Gasteiger partial charge is 0.123 e. The van der Waals surface area contributed by atoms with E-state index in [2.05, 4.69) is 0 Å². The summed E-state index contributed by atoms with van der Waals surface area (Å²) in [6.45, 7) is 1.61. The number of halogens is 1. The SMILES string of the molecule is CC(C#N)c1cc(F)ccc1O. The predicted octanol–water partition coefficient (Wildman–Crippen LogP) is 2.16. The van der Waals surface area contributed by atoms with Crippen LogP contribution in [0, 0.1) is 17.1 Å². The highest BCUT2D eigenvalue weighted by Crippen LogP contribution is 2.25. The van der Waals surface area contributed by atoms with Gasteiger partial charge in [-0.25, -0.2) is 4.39 Å². The zero-order valence-corrected chi connectivity index (χ0v) is 6.58. The fourth-order valence-corrected chi connectivity index (χ4v) is 0.942. The first-order valence-electron chi connectivity index (χ1n) is 3.53. The number of benzene rings is 1. The van der Waals surface area contributed by atoms with Crippen LogP contribution in [0.2, 0.25) is 0 Å². The highest BCUT2D eigenvalue weighted by atomic mass is 19.1. The molecular weight excluding hydrogens is 157 g/mol. The zero-order chi connectivity index (χ0) is 9.14. The van der Waals surface area contributed by atoms with E-state index in [4.69, 9.17) is 5.26 Å². The fourth-order valence-electron chi connectivity index (χ4n) is 0.942. The van der Waals surface area contributed by atoms with Crippen molar-refractivity contribution >= 4 is 0 Å². The molecular formula is C9H8FNO. The maximum absolute atomic E-state index is 12.6. The lowest BCUT2D eigenvalue weighted by atomic mass is 10.0. The number of phenols is 1. The van der Waals surface area contributed by atoms with E-state index in [0.29, 0.717) is 5.56 Å². The number of hydrogen-bond donors (Lipinski definition) is 1. The first kappa shape index (κ1) is 8.54. The van der Waals surface area contributed by atoms with E-state index < -0.39 is 11.7 Å². The van der Waals surface area contributed by atoms with Crippen molar-refractivity contribution in [1.29, 1.82) is 5.26 Å². The fraction of sp³-hybridized carbons (Fsp3) is 0.222. The molecule has 0 amide bonds. The molecule has 0 aromatic heterocycles. The Hall–Kier alpha value is -1.56. The normalized spacial score (nSPS) is 12.1. The van der Waals surface area contributed by atoms with Crippen molar-refractivity contribution in [2.75, 3.05) is 0 Å². The largest absolute Gasteiger partial charge is 0.508 e. The molecule has 12 heavy (non-hydrogen) atoms. The van der Waals surface area contributed by atoms with Gasteiger partial charge in [-0.3, -0.25) is 0 Å². The van der Waals surface area contributed by atoms with Crippen molar-refractivity contribution in [3.63, 3.8) is 0 Å². The van der Waals surface area contributed by atoms with Crippen LogP contribution < -0.4 is 0 Å². The summed E-state index contributed by atoms with van der Waals surface area (Å²) in [4.78, 5) is 0. The van der Waals surface area contributed by atoms with Gasteiger partial charge in [-0.15, -0.1) is 0 Å². The molecule has 0 aliphatic rings. The molecule has 0 saturated carbocycles. The van der Waals surface area contributed by atoms with Gasteiger partial charge in [-0.05, 0) is 25.1 Å². The van der Waals surface area contributed by atoms with Gasteiger partial charge in [0.25, 0.3) is 0 Å². The predicted molar refractivity (Wildman–Crippen MR) is 42.1 cm³/mol. The van der Waals surface area contributed by atoms with Crippen LogP contribution in [-0.4, -0.2) is 5.11 Å². The van der Waals surface area contributed by atoms with Gasteiger partial charge in [0.1, 0.15) is 11.6 Å². The van der Waals surface area contributed by atoms with Crippen LogP contribution in [-0.2, 0) is 0 Å². The molecule has 1 aromatic rings. The van der Waals surface area contributed by atoms with Crippen LogP contribution in [0.3, 0.4) is 0 Å². The lowest BCUT2D eigenvalue weighted by Gasteiger charge is -2.04. The summed E-state index contributed by atoms with van der Waals surface area (Å²) in [6, 6.07) is 5.50. The molecule has 0 spiro atoms. The van der Waals surface area contributed by atoms with Crippen LogP contribution >= 0.6 is 0 Å². The summed E-state index contributed by atoms with van der Waals surface area (Å²) in [7, 11) is 0. The van der Waals surface area contributed by atoms with Crippen molar-refractivity contribution in [2.24, 2.45) is 0 Å². The molecule has 3 heteroatoms. The Morgan fingerprint density at radius 1 is 1.58 bits per heavy atom. The maximum Gasteiger partial charge on any atom is 0.123 e. The molecule has 1 aromatic carbocycles. The Morgan fingerprint density at radius 2 is 2.25 bits per heavy atom. The van der Waals surface area contributed by atoms with Crippen molar-refractivity contribution in [3.05, 3.63) is 29.6 Å². The second-order valence-corrected chi connectivity index (χ2v) is 2.55. The van der Waals surface area contributed by atoms with Gasteiger partial charge in [-0.1, -0.05) is 0 Å². The molecule has 1 rings (SSSR count). The summed E-state index contributed by atoms with van der Waals surface area (Å²) < 4.78 is 12.6. The standard InChI is InChI=1S/C9H8FNO/c1-6(5-11)8-4-7(10)2-3-9(8)12/h2-4,6,12H,1H3. The molecule has 0 aliphatic carbocycles. The average Bonchev–Trinajstić information content (AvgIpc) is 2.08. The number of aromatic hydroxyl groups is 1. The molecule has 0 saturated heterocycles. The number of phenolic OH excluding ortho intramolecular Hbond substituents is 1. The summed E-state index contributed by atoms with van der Waals surface area (Å²) in [5.41, 5.74) is 0.331. The topological polar surface area (TPSA) is 44.0 Å². The molecule has 0 heterocycles. The lowest BCUT2D eigenvalue weighted by molar-refractivity contribution is 0.464. The molecule has 0 aliphatic heterocycles. The minimum absolute atomic E-state index is 0.0366. The molecule has 0 radical (unpaired) electrons. The van der Waals surface area contributed by atoms with E-state index >= 15 is 0 Å². The zero-order valence-electron chi connectivity index (χ0n) is 6.58. The van der Waals surface area contributed by atoms with Gasteiger partial charge in [0.15, 0.2) is 0 Å². The monoisotopic (exact) mass is 165 g/mol. The number of hydrogen-bond acceptors (Lipinski definition) is 2. The van der Waals surface area contributed by atoms with Crippen LogP contribution in [0.25, 0.3) is 0 Å². The van der Waals surface area contributed by atoms with Crippen LogP contribution in [0.15, 0.2) is 18.2 Å². The summed E-state index contributed by atoms with van der Waals surface area (Å²) in [5.74, 6) is -0.962. The first-order chi connectivity index (χ1) is 5.65. The summed E-state index contributed by atoms with van der Waals surface area (Å²) >= 11 is 0. The Bertz CT molecular complexity index is 330. The van der Waals surface area contributed by atoms with Gasteiger partial charge in [0.05, 0.1) is 12.0 Å². The minimum atomic E-state index is -0.485. The van der Waals surface area contributed by atoms with Gasteiger partial charge < -0.3 is 5.11 Å². The Kier molecular flexibility index (Phi) is 2.29. The van der Waals surface area contributed by atoms with Crippen molar-refractivity contribution in [3.8, 4) is 11.8 Å². The highest BCUT2D eigenvalue weighted by molar-refractivity contribution is 5.37. The molecule has 62 valence electrons. The number of rotatable bonds is 1. The van der Waals surface area contributed by atoms with Crippen molar-refractivity contribution in [2.45, 2.75) is 12.8 Å². The molecule has 0 fully saturated rings. The molecule has 1 atom stereocenters. The Morgan fingerprint density at radius 3 is 2.83 bits per heavy atom. The van der Waals surface area contributed by atoms with Gasteiger partial charge in [-0.2, -0.15) is 5.26 Å². The quantitative estimate of drug-likeness (QED) is 0.692. The van der Waals surface area contributed by atoms with Crippen molar-refractivity contribution in [1.82, 2.24) is 0 Å². The second kappa shape index (κ2) is 3.22. The Balaban J connectivity index is 3.15. The number of nitriles is 1. The summed E-state index contributed by atoms with van der Waals surface area (Å²) in [6.07, 6.45) is 0. The van der Waals surface area contributed by atoms with Gasteiger partial charge in [0.2, 0.25) is 0 Å². The van der Waals surface area contributed by atoms with E-state index in [1.807, 2.05) is 6.07 Å². The van der Waals surface area contributed by atoms with E-state index in [0.717, 1.165) is 6.07 Å². The van der Waals surface area contributed by atoms with E-state index in [-0.39, 0.29) is 5.75 Å². The van der Waals surface area contributed by atoms with E-state index in [1.54, 1.807) is 6.92 Å². The third-order valence-corrected chi connectivity index (χ3v) is 1.65. The molecule has 2 nitrogen and oxygen atoms in total. The minimum Gasteiger partial charge on any atom is -0.508 e. The maximum atomic E-state index is 12.6. The van der Waals surface area contributed by atoms with Crippen molar-refractivity contribution < 1.29 is 9.50 Å². The average molecular weight is 165 g/mol. The third-order valence-electron chi connectivity index (χ3n) is 1.65. The molecule has 1 unspecified atom stereocenters. The third kappa shape index (κ3) is 1.54. The van der Waals surface area contributed by atoms with E-state index in [1.165, 1.54) is 12.1 Å². The molecule has 0 bridgehead atoms.